The van der Waals surface area contributed by atoms with Crippen molar-refractivity contribution in [3.05, 3.63) is 23.8 Å². The molecule has 1 aliphatic rings. The van der Waals surface area contributed by atoms with Crippen LogP contribution >= 0.6 is 11.8 Å². The van der Waals surface area contributed by atoms with Crippen molar-refractivity contribution in [2.45, 2.75) is 37.8 Å². The van der Waals surface area contributed by atoms with Crippen molar-refractivity contribution in [1.29, 1.82) is 0 Å². The number of rotatable bonds is 7. The molecule has 0 radical (unpaired) electrons. The Labute approximate surface area is 135 Å². The highest BCUT2D eigenvalue weighted by atomic mass is 32.2. The Morgan fingerprint density at radius 3 is 2.82 bits per heavy atom. The maximum Gasteiger partial charge on any atom is 0.303 e. The number of aliphatic carboxylic acids is 1. The topological polar surface area (TPSA) is 81.8 Å². The lowest BCUT2D eigenvalue weighted by molar-refractivity contribution is -0.137. The highest BCUT2D eigenvalue weighted by molar-refractivity contribution is 7.99. The van der Waals surface area contributed by atoms with E-state index < -0.39 is 5.97 Å². The zero-order valence-corrected chi connectivity index (χ0v) is 13.6. The second kappa shape index (κ2) is 8.29. The molecule has 0 bridgehead atoms. The summed E-state index contributed by atoms with van der Waals surface area (Å²) in [5.74, 6) is 2.71. The van der Waals surface area contributed by atoms with E-state index in [1.54, 1.807) is 7.11 Å². The highest BCUT2D eigenvalue weighted by Gasteiger charge is 2.21. The van der Waals surface area contributed by atoms with Gasteiger partial charge in [-0.3, -0.25) is 4.79 Å². The molecular weight excluding hydrogens is 302 g/mol. The van der Waals surface area contributed by atoms with Crippen LogP contribution in [0.3, 0.4) is 0 Å². The van der Waals surface area contributed by atoms with Crippen LogP contribution in [0.1, 0.15) is 37.3 Å². The summed E-state index contributed by atoms with van der Waals surface area (Å²) in [4.78, 5) is 10.7. The number of thioether (sulfide) groups is 1. The normalized spacial score (nSPS) is 17.0. The lowest BCUT2D eigenvalue weighted by Gasteiger charge is -2.25. The number of hydrogen-bond acceptors (Lipinski definition) is 5. The molecule has 0 aliphatic carbocycles. The first-order valence-corrected chi connectivity index (χ1v) is 8.66. The quantitative estimate of drug-likeness (QED) is 0.802. The van der Waals surface area contributed by atoms with Gasteiger partial charge in [-0.2, -0.15) is 11.8 Å². The van der Waals surface area contributed by atoms with Crippen molar-refractivity contribution >= 4 is 17.7 Å². The van der Waals surface area contributed by atoms with E-state index in [1.165, 1.54) is 0 Å². The molecule has 1 heterocycles. The fourth-order valence-electron chi connectivity index (χ4n) is 2.54. The van der Waals surface area contributed by atoms with Crippen molar-refractivity contribution in [3.63, 3.8) is 0 Å². The third-order valence-corrected chi connectivity index (χ3v) is 4.79. The number of hydrogen-bond donors (Lipinski definition) is 2. The van der Waals surface area contributed by atoms with Gasteiger partial charge in [0.1, 0.15) is 6.10 Å². The van der Waals surface area contributed by atoms with Crippen LogP contribution in [0.4, 0.5) is 0 Å². The van der Waals surface area contributed by atoms with Crippen molar-refractivity contribution in [2.75, 3.05) is 18.6 Å². The summed E-state index contributed by atoms with van der Waals surface area (Å²) in [6.45, 7) is 0. The third kappa shape index (κ3) is 4.55. The SMILES string of the molecule is COc1c(OC2CCSCC2)cccc1C(N)CCC(=O)O. The first-order valence-electron chi connectivity index (χ1n) is 7.50. The molecule has 1 aromatic carbocycles. The Hall–Kier alpha value is -1.40. The number of ether oxygens (including phenoxy) is 2. The van der Waals surface area contributed by atoms with Gasteiger partial charge < -0.3 is 20.3 Å². The summed E-state index contributed by atoms with van der Waals surface area (Å²) < 4.78 is 11.6. The second-order valence-corrected chi connectivity index (χ2v) is 6.57. The van der Waals surface area contributed by atoms with Gasteiger partial charge in [0.25, 0.3) is 0 Å². The average Bonchev–Trinajstić information content (AvgIpc) is 2.53. The van der Waals surface area contributed by atoms with E-state index in [0.717, 1.165) is 29.9 Å². The summed E-state index contributed by atoms with van der Waals surface area (Å²) >= 11 is 1.95. The minimum atomic E-state index is -0.846. The standard InChI is InChI=1S/C16H23NO4S/c1-20-16-12(13(17)5-6-15(18)19)3-2-4-14(16)21-11-7-9-22-10-8-11/h2-4,11,13H,5-10,17H2,1H3,(H,18,19). The van der Waals surface area contributed by atoms with Crippen molar-refractivity contribution < 1.29 is 19.4 Å². The Bertz CT molecular complexity index is 503. The molecule has 1 aromatic rings. The number of methoxy groups -OCH3 is 1. The summed E-state index contributed by atoms with van der Waals surface area (Å²) in [5.41, 5.74) is 6.92. The summed E-state index contributed by atoms with van der Waals surface area (Å²) in [7, 11) is 1.59. The zero-order valence-electron chi connectivity index (χ0n) is 12.8. The van der Waals surface area contributed by atoms with Gasteiger partial charge in [-0.15, -0.1) is 0 Å². The molecule has 5 nitrogen and oxygen atoms in total. The zero-order chi connectivity index (χ0) is 15.9. The Balaban J connectivity index is 2.13. The fraction of sp³-hybridized carbons (Fsp3) is 0.562. The van der Waals surface area contributed by atoms with E-state index >= 15 is 0 Å². The molecule has 1 aliphatic heterocycles. The van der Waals surface area contributed by atoms with Gasteiger partial charge in [0.05, 0.1) is 7.11 Å². The Kier molecular flexibility index (Phi) is 6.39. The number of carbonyl (C=O) groups is 1. The van der Waals surface area contributed by atoms with Crippen LogP contribution in [0, 0.1) is 0 Å². The van der Waals surface area contributed by atoms with Crippen LogP contribution in [0.2, 0.25) is 0 Å². The fourth-order valence-corrected chi connectivity index (χ4v) is 3.61. The van der Waals surface area contributed by atoms with E-state index in [-0.39, 0.29) is 18.6 Å². The lowest BCUT2D eigenvalue weighted by atomic mass is 10.0. The van der Waals surface area contributed by atoms with E-state index in [2.05, 4.69) is 0 Å². The van der Waals surface area contributed by atoms with Crippen LogP contribution in [0.25, 0.3) is 0 Å². The number of carboxylic acids is 1. The van der Waals surface area contributed by atoms with Crippen LogP contribution in [0.15, 0.2) is 18.2 Å². The molecule has 0 amide bonds. The van der Waals surface area contributed by atoms with E-state index in [9.17, 15) is 4.79 Å². The third-order valence-electron chi connectivity index (χ3n) is 3.74. The van der Waals surface area contributed by atoms with Crippen molar-refractivity contribution in [2.24, 2.45) is 5.73 Å². The second-order valence-electron chi connectivity index (χ2n) is 5.35. The van der Waals surface area contributed by atoms with Gasteiger partial charge in [-0.1, -0.05) is 12.1 Å². The average molecular weight is 325 g/mol. The molecule has 2 rings (SSSR count). The predicted molar refractivity (Wildman–Crippen MR) is 87.8 cm³/mol. The van der Waals surface area contributed by atoms with E-state index in [0.29, 0.717) is 17.9 Å². The van der Waals surface area contributed by atoms with Crippen LogP contribution in [-0.2, 0) is 4.79 Å². The first-order chi connectivity index (χ1) is 10.6. The number of para-hydroxylation sites is 1. The molecule has 1 fully saturated rings. The minimum absolute atomic E-state index is 0.0370. The summed E-state index contributed by atoms with van der Waals surface area (Å²) in [6, 6.07) is 5.26. The predicted octanol–water partition coefficient (Wildman–Crippen LogP) is 2.83. The summed E-state index contributed by atoms with van der Waals surface area (Å²) in [5, 5.41) is 8.79. The van der Waals surface area contributed by atoms with Gasteiger partial charge in [0, 0.05) is 18.0 Å². The molecule has 122 valence electrons. The van der Waals surface area contributed by atoms with Crippen LogP contribution < -0.4 is 15.2 Å². The number of benzene rings is 1. The van der Waals surface area contributed by atoms with Gasteiger partial charge >= 0.3 is 5.97 Å². The Morgan fingerprint density at radius 2 is 2.18 bits per heavy atom. The lowest BCUT2D eigenvalue weighted by Crippen LogP contribution is -2.22. The molecule has 0 aromatic heterocycles. The molecular formula is C16H23NO4S. The van der Waals surface area contributed by atoms with Crippen LogP contribution in [-0.4, -0.2) is 35.8 Å². The largest absolute Gasteiger partial charge is 0.493 e. The Morgan fingerprint density at radius 1 is 1.45 bits per heavy atom. The summed E-state index contributed by atoms with van der Waals surface area (Å²) in [6.07, 6.45) is 2.68. The molecule has 1 unspecified atom stereocenters. The van der Waals surface area contributed by atoms with Gasteiger partial charge in [-0.05, 0) is 36.8 Å². The van der Waals surface area contributed by atoms with Gasteiger partial charge in [0.15, 0.2) is 11.5 Å². The smallest absolute Gasteiger partial charge is 0.303 e. The maximum absolute atomic E-state index is 10.7. The van der Waals surface area contributed by atoms with Gasteiger partial charge in [0.2, 0.25) is 0 Å². The van der Waals surface area contributed by atoms with E-state index in [4.69, 9.17) is 20.3 Å². The van der Waals surface area contributed by atoms with Gasteiger partial charge in [-0.25, -0.2) is 0 Å². The molecule has 3 N–H and O–H groups in total. The first kappa shape index (κ1) is 17.0. The van der Waals surface area contributed by atoms with Crippen LogP contribution in [0.5, 0.6) is 11.5 Å². The van der Waals surface area contributed by atoms with Crippen molar-refractivity contribution in [1.82, 2.24) is 0 Å². The van der Waals surface area contributed by atoms with Crippen molar-refractivity contribution in [3.8, 4) is 11.5 Å². The maximum atomic E-state index is 10.7. The monoisotopic (exact) mass is 325 g/mol. The molecule has 22 heavy (non-hydrogen) atoms. The number of nitrogens with two attached hydrogens (primary N) is 1. The molecule has 1 atom stereocenters. The molecule has 1 saturated heterocycles. The minimum Gasteiger partial charge on any atom is -0.493 e. The number of carboxylic acid groups (broad SMARTS) is 1. The molecule has 0 saturated carbocycles. The molecule has 6 heteroatoms. The molecule has 0 spiro atoms. The highest BCUT2D eigenvalue weighted by Crippen LogP contribution is 2.37. The van der Waals surface area contributed by atoms with E-state index in [1.807, 2.05) is 30.0 Å².